The second kappa shape index (κ2) is 11.0. The van der Waals surface area contributed by atoms with Crippen molar-refractivity contribution in [2.24, 2.45) is 5.92 Å². The number of aliphatic hydroxyl groups is 1. The maximum Gasteiger partial charge on any atom is 0.236 e. The summed E-state index contributed by atoms with van der Waals surface area (Å²) in [6.45, 7) is 7.89. The third-order valence-electron chi connectivity index (χ3n) is 3.75. The van der Waals surface area contributed by atoms with Gasteiger partial charge in [-0.25, -0.2) is 0 Å². The van der Waals surface area contributed by atoms with Crippen LogP contribution in [0.1, 0.15) is 46.0 Å². The van der Waals surface area contributed by atoms with Gasteiger partial charge in [-0.1, -0.05) is 13.8 Å². The van der Waals surface area contributed by atoms with E-state index in [2.05, 4.69) is 19.2 Å². The Bertz CT molecular complexity index is 279. The number of hydrogen-bond donors (Lipinski definition) is 2. The molecule has 1 aliphatic rings. The Morgan fingerprint density at radius 3 is 2.67 bits per heavy atom. The van der Waals surface area contributed by atoms with Gasteiger partial charge >= 0.3 is 0 Å². The SMILES string of the molecule is CC(C)CCCOCC(O)CNCC(=O)N1CCCCC1. The molecule has 0 aromatic heterocycles. The fourth-order valence-corrected chi connectivity index (χ4v) is 2.47. The number of nitrogens with one attached hydrogen (secondary N) is 1. The molecule has 1 aliphatic heterocycles. The number of carbonyl (C=O) groups is 1. The van der Waals surface area contributed by atoms with E-state index in [9.17, 15) is 9.90 Å². The van der Waals surface area contributed by atoms with Crippen molar-refractivity contribution in [2.45, 2.75) is 52.1 Å². The number of carbonyl (C=O) groups excluding carboxylic acids is 1. The normalized spacial score (nSPS) is 17.2. The van der Waals surface area contributed by atoms with Crippen LogP contribution in [0.5, 0.6) is 0 Å². The number of piperidine rings is 1. The van der Waals surface area contributed by atoms with E-state index in [0.717, 1.165) is 38.8 Å². The van der Waals surface area contributed by atoms with E-state index in [4.69, 9.17) is 4.74 Å². The lowest BCUT2D eigenvalue weighted by Gasteiger charge is -2.27. The lowest BCUT2D eigenvalue weighted by molar-refractivity contribution is -0.131. The van der Waals surface area contributed by atoms with Crippen molar-refractivity contribution in [1.29, 1.82) is 0 Å². The molecule has 0 aromatic rings. The number of likely N-dealkylation sites (tertiary alicyclic amines) is 1. The molecular weight excluding hydrogens is 268 g/mol. The summed E-state index contributed by atoms with van der Waals surface area (Å²) in [7, 11) is 0. The first-order valence-electron chi connectivity index (χ1n) is 8.34. The number of ether oxygens (including phenoxy) is 1. The van der Waals surface area contributed by atoms with Gasteiger partial charge in [-0.15, -0.1) is 0 Å². The van der Waals surface area contributed by atoms with Crippen molar-refractivity contribution < 1.29 is 14.6 Å². The minimum Gasteiger partial charge on any atom is -0.389 e. The summed E-state index contributed by atoms with van der Waals surface area (Å²) in [6.07, 6.45) is 5.09. The molecule has 1 atom stereocenters. The molecule has 1 fully saturated rings. The van der Waals surface area contributed by atoms with Gasteiger partial charge in [-0.2, -0.15) is 0 Å². The van der Waals surface area contributed by atoms with Gasteiger partial charge in [0.05, 0.1) is 19.3 Å². The lowest BCUT2D eigenvalue weighted by atomic mass is 10.1. The fraction of sp³-hybridized carbons (Fsp3) is 0.938. The van der Waals surface area contributed by atoms with Crippen molar-refractivity contribution in [3.8, 4) is 0 Å². The highest BCUT2D eigenvalue weighted by Gasteiger charge is 2.16. The predicted molar refractivity (Wildman–Crippen MR) is 84.2 cm³/mol. The summed E-state index contributed by atoms with van der Waals surface area (Å²) >= 11 is 0. The van der Waals surface area contributed by atoms with Gasteiger partial charge in [0.2, 0.25) is 5.91 Å². The Morgan fingerprint density at radius 1 is 1.29 bits per heavy atom. The van der Waals surface area contributed by atoms with Gasteiger partial charge in [-0.05, 0) is 38.0 Å². The lowest BCUT2D eigenvalue weighted by Crippen LogP contribution is -2.43. The minimum atomic E-state index is -0.543. The molecule has 0 aromatic carbocycles. The monoisotopic (exact) mass is 300 g/mol. The average Bonchev–Trinajstić information content (AvgIpc) is 2.47. The molecule has 0 radical (unpaired) electrons. The zero-order valence-electron chi connectivity index (χ0n) is 13.6. The number of rotatable bonds is 10. The smallest absolute Gasteiger partial charge is 0.236 e. The van der Waals surface area contributed by atoms with Gasteiger partial charge < -0.3 is 20.1 Å². The highest BCUT2D eigenvalue weighted by atomic mass is 16.5. The highest BCUT2D eigenvalue weighted by molar-refractivity contribution is 5.78. The Kier molecular flexibility index (Phi) is 9.63. The number of amides is 1. The third kappa shape index (κ3) is 9.06. The Labute approximate surface area is 129 Å². The van der Waals surface area contributed by atoms with Crippen LogP contribution >= 0.6 is 0 Å². The van der Waals surface area contributed by atoms with Crippen LogP contribution in [0.3, 0.4) is 0 Å². The van der Waals surface area contributed by atoms with Crippen LogP contribution in [0.15, 0.2) is 0 Å². The molecular formula is C16H32N2O3. The van der Waals surface area contributed by atoms with Gasteiger partial charge in [0.1, 0.15) is 0 Å². The van der Waals surface area contributed by atoms with E-state index in [1.807, 2.05) is 4.90 Å². The van der Waals surface area contributed by atoms with Crippen LogP contribution in [0.4, 0.5) is 0 Å². The van der Waals surface area contributed by atoms with Crippen LogP contribution in [-0.2, 0) is 9.53 Å². The van der Waals surface area contributed by atoms with Crippen LogP contribution in [0.25, 0.3) is 0 Å². The van der Waals surface area contributed by atoms with Crippen molar-refractivity contribution in [1.82, 2.24) is 10.2 Å². The number of nitrogens with zero attached hydrogens (tertiary/aromatic N) is 1. The summed E-state index contributed by atoms with van der Waals surface area (Å²) in [5.41, 5.74) is 0. The average molecular weight is 300 g/mol. The molecule has 1 rings (SSSR count). The molecule has 1 saturated heterocycles. The van der Waals surface area contributed by atoms with Crippen LogP contribution in [0, 0.1) is 5.92 Å². The molecule has 1 amide bonds. The van der Waals surface area contributed by atoms with E-state index in [-0.39, 0.29) is 5.91 Å². The van der Waals surface area contributed by atoms with Gasteiger partial charge in [0.15, 0.2) is 0 Å². The zero-order valence-corrected chi connectivity index (χ0v) is 13.6. The van der Waals surface area contributed by atoms with Gasteiger partial charge in [-0.3, -0.25) is 4.79 Å². The first kappa shape index (κ1) is 18.4. The third-order valence-corrected chi connectivity index (χ3v) is 3.75. The van der Waals surface area contributed by atoms with Crippen molar-refractivity contribution in [2.75, 3.05) is 39.4 Å². The van der Waals surface area contributed by atoms with E-state index in [1.54, 1.807) is 0 Å². The van der Waals surface area contributed by atoms with Crippen LogP contribution in [0.2, 0.25) is 0 Å². The number of aliphatic hydroxyl groups excluding tert-OH is 1. The Morgan fingerprint density at radius 2 is 2.00 bits per heavy atom. The second-order valence-electron chi connectivity index (χ2n) is 6.34. The molecule has 1 unspecified atom stereocenters. The van der Waals surface area contributed by atoms with Gasteiger partial charge in [0.25, 0.3) is 0 Å². The molecule has 1 heterocycles. The summed E-state index contributed by atoms with van der Waals surface area (Å²) in [6, 6.07) is 0. The number of hydrogen-bond acceptors (Lipinski definition) is 4. The van der Waals surface area contributed by atoms with Crippen molar-refractivity contribution in [3.63, 3.8) is 0 Å². The quantitative estimate of drug-likeness (QED) is 0.599. The molecule has 124 valence electrons. The van der Waals surface area contributed by atoms with Crippen LogP contribution < -0.4 is 5.32 Å². The minimum absolute atomic E-state index is 0.139. The molecule has 0 spiro atoms. The van der Waals surface area contributed by atoms with E-state index in [1.165, 1.54) is 6.42 Å². The molecule has 5 heteroatoms. The second-order valence-corrected chi connectivity index (χ2v) is 6.34. The first-order valence-corrected chi connectivity index (χ1v) is 8.34. The Hall–Kier alpha value is -0.650. The fourth-order valence-electron chi connectivity index (χ4n) is 2.47. The summed E-state index contributed by atoms with van der Waals surface area (Å²) in [4.78, 5) is 13.8. The van der Waals surface area contributed by atoms with Crippen molar-refractivity contribution >= 4 is 5.91 Å². The summed E-state index contributed by atoms with van der Waals surface area (Å²) < 4.78 is 5.43. The maximum atomic E-state index is 11.9. The molecule has 0 bridgehead atoms. The first-order chi connectivity index (χ1) is 10.1. The van der Waals surface area contributed by atoms with Crippen LogP contribution in [-0.4, -0.2) is 61.4 Å². The molecule has 5 nitrogen and oxygen atoms in total. The largest absolute Gasteiger partial charge is 0.389 e. The molecule has 21 heavy (non-hydrogen) atoms. The summed E-state index contributed by atoms with van der Waals surface area (Å²) in [5, 5.41) is 12.8. The standard InChI is InChI=1S/C16H32N2O3/c1-14(2)7-6-10-21-13-15(19)11-17-12-16(20)18-8-4-3-5-9-18/h14-15,17,19H,3-13H2,1-2H3. The van der Waals surface area contributed by atoms with E-state index >= 15 is 0 Å². The van der Waals surface area contributed by atoms with E-state index in [0.29, 0.717) is 32.2 Å². The molecule has 0 saturated carbocycles. The zero-order chi connectivity index (χ0) is 15.5. The Balaban J connectivity index is 1.97. The summed E-state index contributed by atoms with van der Waals surface area (Å²) in [5.74, 6) is 0.834. The van der Waals surface area contributed by atoms with E-state index < -0.39 is 6.10 Å². The maximum absolute atomic E-state index is 11.9. The van der Waals surface area contributed by atoms with Gasteiger partial charge in [0, 0.05) is 26.2 Å². The molecule has 2 N–H and O–H groups in total. The topological polar surface area (TPSA) is 61.8 Å². The van der Waals surface area contributed by atoms with Crippen molar-refractivity contribution in [3.05, 3.63) is 0 Å². The predicted octanol–water partition coefficient (Wildman–Crippen LogP) is 1.40. The highest BCUT2D eigenvalue weighted by Crippen LogP contribution is 2.08. The molecule has 0 aliphatic carbocycles.